The second-order valence-corrected chi connectivity index (χ2v) is 3.91. The van der Waals surface area contributed by atoms with Crippen LogP contribution in [0.5, 0.6) is 0 Å². The summed E-state index contributed by atoms with van der Waals surface area (Å²) >= 11 is 0. The molecule has 5 atom stereocenters. The maximum absolute atomic E-state index is 10.1. The minimum absolute atomic E-state index is 0.167. The Kier molecular flexibility index (Phi) is 6.48. The van der Waals surface area contributed by atoms with Crippen molar-refractivity contribution in [2.75, 3.05) is 19.8 Å². The average Bonchev–Trinajstić information content (AvgIpc) is 2.37. The smallest absolute Gasteiger partial charge is 0.184 e. The van der Waals surface area contributed by atoms with Gasteiger partial charge in [0.25, 0.3) is 0 Å². The van der Waals surface area contributed by atoms with E-state index >= 15 is 0 Å². The zero-order chi connectivity index (χ0) is 13.5. The topological polar surface area (TPSA) is 88.4 Å². The van der Waals surface area contributed by atoms with Crippen molar-refractivity contribution in [3.8, 4) is 0 Å². The van der Waals surface area contributed by atoms with Gasteiger partial charge in [0.15, 0.2) is 6.29 Å². The SMILES string of the molecule is C=CCO[C@@H]1[C@@H](O)[C@H](OCC=C)[C@@H](CO)O[C@@H]1O. The number of aliphatic hydroxyl groups excluding tert-OH is 3. The summed E-state index contributed by atoms with van der Waals surface area (Å²) in [7, 11) is 0. The van der Waals surface area contributed by atoms with E-state index in [0.717, 1.165) is 0 Å². The zero-order valence-electron chi connectivity index (χ0n) is 10.1. The van der Waals surface area contributed by atoms with Crippen LogP contribution >= 0.6 is 0 Å². The van der Waals surface area contributed by atoms with Crippen LogP contribution < -0.4 is 0 Å². The fourth-order valence-corrected chi connectivity index (χ4v) is 1.80. The van der Waals surface area contributed by atoms with Crippen molar-refractivity contribution in [3.05, 3.63) is 25.3 Å². The van der Waals surface area contributed by atoms with Crippen LogP contribution in [0.1, 0.15) is 0 Å². The van der Waals surface area contributed by atoms with Gasteiger partial charge in [0.2, 0.25) is 0 Å². The summed E-state index contributed by atoms with van der Waals surface area (Å²) in [6.07, 6.45) is -1.94. The maximum atomic E-state index is 10.1. The molecule has 0 spiro atoms. The second kappa shape index (κ2) is 7.63. The van der Waals surface area contributed by atoms with E-state index in [9.17, 15) is 10.2 Å². The summed E-state index contributed by atoms with van der Waals surface area (Å²) < 4.78 is 15.7. The standard InChI is InChI=1S/C12H20O6/c1-3-5-16-10-8(7-13)18-12(15)11(9(10)14)17-6-4-2/h3-4,8-15H,1-2,5-7H2/t8-,9+,10-,11-,12+/m1/s1. The van der Waals surface area contributed by atoms with Crippen LogP contribution in [0, 0.1) is 0 Å². The molecule has 1 aliphatic rings. The molecule has 6 heteroatoms. The third kappa shape index (κ3) is 3.61. The van der Waals surface area contributed by atoms with Crippen molar-refractivity contribution in [3.63, 3.8) is 0 Å². The summed E-state index contributed by atoms with van der Waals surface area (Å²) in [6.45, 7) is 6.98. The molecule has 0 unspecified atom stereocenters. The normalized spacial score (nSPS) is 36.3. The fourth-order valence-electron chi connectivity index (χ4n) is 1.80. The highest BCUT2D eigenvalue weighted by atomic mass is 16.7. The van der Waals surface area contributed by atoms with Crippen molar-refractivity contribution in [2.45, 2.75) is 30.7 Å². The van der Waals surface area contributed by atoms with Crippen LogP contribution in [-0.2, 0) is 14.2 Å². The van der Waals surface area contributed by atoms with Gasteiger partial charge in [-0.05, 0) is 0 Å². The molecule has 0 radical (unpaired) electrons. The first-order valence-electron chi connectivity index (χ1n) is 5.73. The van der Waals surface area contributed by atoms with Crippen molar-refractivity contribution in [2.24, 2.45) is 0 Å². The monoisotopic (exact) mass is 260 g/mol. The Hall–Kier alpha value is -0.760. The largest absolute Gasteiger partial charge is 0.394 e. The predicted molar refractivity (Wildman–Crippen MR) is 63.8 cm³/mol. The first-order valence-corrected chi connectivity index (χ1v) is 5.73. The molecule has 0 bridgehead atoms. The van der Waals surface area contributed by atoms with Gasteiger partial charge in [-0.25, -0.2) is 0 Å². The van der Waals surface area contributed by atoms with E-state index in [4.69, 9.17) is 19.3 Å². The summed E-state index contributed by atoms with van der Waals surface area (Å²) in [5.41, 5.74) is 0. The van der Waals surface area contributed by atoms with E-state index in [-0.39, 0.29) is 19.8 Å². The lowest BCUT2D eigenvalue weighted by atomic mass is 9.99. The minimum atomic E-state index is -1.32. The molecular weight excluding hydrogens is 240 g/mol. The van der Waals surface area contributed by atoms with Gasteiger partial charge in [0.1, 0.15) is 24.4 Å². The molecule has 1 rings (SSSR count). The van der Waals surface area contributed by atoms with Crippen LogP contribution in [0.15, 0.2) is 25.3 Å². The van der Waals surface area contributed by atoms with E-state index in [1.54, 1.807) is 0 Å². The number of hydrogen-bond acceptors (Lipinski definition) is 6. The van der Waals surface area contributed by atoms with E-state index in [0.29, 0.717) is 0 Å². The Balaban J connectivity index is 2.71. The molecule has 3 N–H and O–H groups in total. The minimum Gasteiger partial charge on any atom is -0.394 e. The molecule has 0 aromatic rings. The van der Waals surface area contributed by atoms with Crippen molar-refractivity contribution in [1.82, 2.24) is 0 Å². The lowest BCUT2D eigenvalue weighted by Gasteiger charge is -2.41. The van der Waals surface area contributed by atoms with Gasteiger partial charge in [-0.2, -0.15) is 0 Å². The molecule has 0 aromatic carbocycles. The lowest BCUT2D eigenvalue weighted by molar-refractivity contribution is -0.300. The highest BCUT2D eigenvalue weighted by Gasteiger charge is 2.45. The van der Waals surface area contributed by atoms with Crippen molar-refractivity contribution in [1.29, 1.82) is 0 Å². The summed E-state index contributed by atoms with van der Waals surface area (Å²) in [5.74, 6) is 0. The Bertz CT molecular complexity index is 269. The average molecular weight is 260 g/mol. The third-order valence-electron chi connectivity index (χ3n) is 2.63. The molecule has 1 heterocycles. The highest BCUT2D eigenvalue weighted by Crippen LogP contribution is 2.24. The molecule has 0 amide bonds. The number of ether oxygens (including phenoxy) is 3. The van der Waals surface area contributed by atoms with Gasteiger partial charge in [-0.1, -0.05) is 12.2 Å². The van der Waals surface area contributed by atoms with Gasteiger partial charge < -0.3 is 29.5 Å². The fraction of sp³-hybridized carbons (Fsp3) is 0.667. The molecular formula is C12H20O6. The Morgan fingerprint density at radius 1 is 1.06 bits per heavy atom. The molecule has 104 valence electrons. The van der Waals surface area contributed by atoms with E-state index in [2.05, 4.69) is 13.2 Å². The molecule has 1 saturated heterocycles. The predicted octanol–water partition coefficient (Wildman–Crippen LogP) is -0.801. The van der Waals surface area contributed by atoms with E-state index in [1.165, 1.54) is 12.2 Å². The van der Waals surface area contributed by atoms with E-state index < -0.39 is 30.7 Å². The van der Waals surface area contributed by atoms with E-state index in [1.807, 2.05) is 0 Å². The summed E-state index contributed by atoms with van der Waals surface area (Å²) in [5, 5.41) is 28.9. The first kappa shape index (κ1) is 15.3. The van der Waals surface area contributed by atoms with Crippen LogP contribution in [0.25, 0.3) is 0 Å². The van der Waals surface area contributed by atoms with Gasteiger partial charge in [0.05, 0.1) is 19.8 Å². The van der Waals surface area contributed by atoms with Crippen LogP contribution in [0.2, 0.25) is 0 Å². The molecule has 0 aliphatic carbocycles. The zero-order valence-corrected chi connectivity index (χ0v) is 10.1. The molecule has 6 nitrogen and oxygen atoms in total. The van der Waals surface area contributed by atoms with Crippen LogP contribution in [0.4, 0.5) is 0 Å². The van der Waals surface area contributed by atoms with Gasteiger partial charge >= 0.3 is 0 Å². The maximum Gasteiger partial charge on any atom is 0.184 e. The number of rotatable bonds is 7. The molecule has 1 aliphatic heterocycles. The number of hydrogen-bond donors (Lipinski definition) is 3. The molecule has 18 heavy (non-hydrogen) atoms. The van der Waals surface area contributed by atoms with Crippen molar-refractivity contribution < 1.29 is 29.5 Å². The molecule has 1 fully saturated rings. The number of aliphatic hydroxyl groups is 3. The van der Waals surface area contributed by atoms with Gasteiger partial charge in [-0.15, -0.1) is 13.2 Å². The quantitative estimate of drug-likeness (QED) is 0.519. The summed E-state index contributed by atoms with van der Waals surface area (Å²) in [4.78, 5) is 0. The lowest BCUT2D eigenvalue weighted by Crippen LogP contribution is -2.60. The van der Waals surface area contributed by atoms with Crippen molar-refractivity contribution >= 4 is 0 Å². The molecule has 0 aromatic heterocycles. The third-order valence-corrected chi connectivity index (χ3v) is 2.63. The Morgan fingerprint density at radius 3 is 2.11 bits per heavy atom. The molecule has 0 saturated carbocycles. The Labute approximate surface area is 106 Å². The second-order valence-electron chi connectivity index (χ2n) is 3.91. The van der Waals surface area contributed by atoms with Crippen LogP contribution in [-0.4, -0.2) is 65.8 Å². The first-order chi connectivity index (χ1) is 8.65. The van der Waals surface area contributed by atoms with Gasteiger partial charge in [-0.3, -0.25) is 0 Å². The highest BCUT2D eigenvalue weighted by molar-refractivity contribution is 4.91. The van der Waals surface area contributed by atoms with Crippen LogP contribution in [0.3, 0.4) is 0 Å². The summed E-state index contributed by atoms with van der Waals surface area (Å²) in [6, 6.07) is 0. The van der Waals surface area contributed by atoms with Gasteiger partial charge in [0, 0.05) is 0 Å². The Morgan fingerprint density at radius 2 is 1.61 bits per heavy atom.